The number of fused-ring (bicyclic) bond motifs is 1. The van der Waals surface area contributed by atoms with Gasteiger partial charge in [0.05, 0.1) is 11.3 Å². The first kappa shape index (κ1) is 14.6. The highest BCUT2D eigenvalue weighted by molar-refractivity contribution is 5.94. The van der Waals surface area contributed by atoms with Gasteiger partial charge in [0.2, 0.25) is 0 Å². The zero-order valence-corrected chi connectivity index (χ0v) is 13.3. The highest BCUT2D eigenvalue weighted by Gasteiger charge is 2.25. The third kappa shape index (κ3) is 2.80. The van der Waals surface area contributed by atoms with E-state index in [0.29, 0.717) is 18.7 Å². The van der Waals surface area contributed by atoms with Crippen molar-refractivity contribution in [1.82, 2.24) is 20.1 Å². The molecular weight excluding hydrogens is 300 g/mol. The number of aromatic amines is 1. The van der Waals surface area contributed by atoms with Crippen LogP contribution < -0.4 is 0 Å². The Labute approximate surface area is 140 Å². The molecule has 3 aromatic rings. The largest absolute Gasteiger partial charge is 0.334 e. The summed E-state index contributed by atoms with van der Waals surface area (Å²) in [7, 11) is 0. The fourth-order valence-corrected chi connectivity index (χ4v) is 3.13. The molecule has 5 nitrogen and oxygen atoms in total. The number of benzene rings is 1. The zero-order valence-electron chi connectivity index (χ0n) is 13.3. The number of nitrogens with one attached hydrogen (secondary N) is 1. The molecule has 1 amide bonds. The van der Waals surface area contributed by atoms with E-state index in [0.717, 1.165) is 29.8 Å². The molecule has 3 heterocycles. The van der Waals surface area contributed by atoms with Crippen LogP contribution >= 0.6 is 0 Å². The van der Waals surface area contributed by atoms with E-state index >= 15 is 0 Å². The number of pyridine rings is 1. The van der Waals surface area contributed by atoms with E-state index in [4.69, 9.17) is 0 Å². The molecule has 0 unspecified atom stereocenters. The number of carbonyl (C=O) groups excluding carboxylic acids is 1. The molecule has 0 fully saturated rings. The summed E-state index contributed by atoms with van der Waals surface area (Å²) in [5.74, 6) is 0.0283. The van der Waals surface area contributed by atoms with Gasteiger partial charge in [0.15, 0.2) is 0 Å². The molecule has 1 aliphatic rings. The van der Waals surface area contributed by atoms with Crippen LogP contribution in [0.5, 0.6) is 0 Å². The molecule has 0 saturated carbocycles. The van der Waals surface area contributed by atoms with Gasteiger partial charge >= 0.3 is 0 Å². The molecule has 1 N–H and O–H groups in total. The smallest absolute Gasteiger partial charge is 0.255 e. The molecule has 0 radical (unpaired) electrons. The minimum Gasteiger partial charge on any atom is -0.334 e. The zero-order chi connectivity index (χ0) is 16.4. The lowest BCUT2D eigenvalue weighted by atomic mass is 10.0. The number of nitrogens with zero attached hydrogens (tertiary/aromatic N) is 3. The molecule has 1 aromatic carbocycles. The first-order valence-corrected chi connectivity index (χ1v) is 8.09. The maximum Gasteiger partial charge on any atom is 0.255 e. The standard InChI is InChI=1S/C19H18N4O/c24-19(15-7-4-9-20-12-15)23-10-8-17-16(13-23)18(22-21-17)11-14-5-2-1-3-6-14/h1-7,9,12H,8,10-11,13H2,(H,21,22). The Kier molecular flexibility index (Phi) is 3.83. The average Bonchev–Trinajstić information content (AvgIpc) is 3.05. The molecule has 0 saturated heterocycles. The fraction of sp³-hybridized carbons (Fsp3) is 0.211. The number of hydrogen-bond donors (Lipinski definition) is 1. The highest BCUT2D eigenvalue weighted by Crippen LogP contribution is 2.23. The van der Waals surface area contributed by atoms with Crippen LogP contribution in [0.25, 0.3) is 0 Å². The highest BCUT2D eigenvalue weighted by atomic mass is 16.2. The Morgan fingerprint density at radius 3 is 2.83 bits per heavy atom. The number of hydrogen-bond acceptors (Lipinski definition) is 3. The second-order valence-corrected chi connectivity index (χ2v) is 6.01. The van der Waals surface area contributed by atoms with E-state index in [9.17, 15) is 4.79 Å². The molecule has 2 aromatic heterocycles. The van der Waals surface area contributed by atoms with E-state index in [1.165, 1.54) is 5.56 Å². The molecule has 0 bridgehead atoms. The van der Waals surface area contributed by atoms with Gasteiger partial charge in [-0.05, 0) is 17.7 Å². The number of aromatic nitrogens is 3. The number of carbonyl (C=O) groups is 1. The van der Waals surface area contributed by atoms with Gasteiger partial charge in [0.25, 0.3) is 5.91 Å². The van der Waals surface area contributed by atoms with E-state index in [2.05, 4.69) is 27.3 Å². The van der Waals surface area contributed by atoms with Crippen LogP contribution in [0, 0.1) is 0 Å². The van der Waals surface area contributed by atoms with Gasteiger partial charge in [-0.25, -0.2) is 0 Å². The van der Waals surface area contributed by atoms with Gasteiger partial charge < -0.3 is 4.90 Å². The summed E-state index contributed by atoms with van der Waals surface area (Å²) in [4.78, 5) is 18.6. The summed E-state index contributed by atoms with van der Waals surface area (Å²) in [5.41, 5.74) is 5.19. The maximum atomic E-state index is 12.7. The predicted octanol–water partition coefficient (Wildman–Crippen LogP) is 2.59. The lowest BCUT2D eigenvalue weighted by Gasteiger charge is -2.27. The van der Waals surface area contributed by atoms with E-state index in [-0.39, 0.29) is 5.91 Å². The second-order valence-electron chi connectivity index (χ2n) is 6.01. The second kappa shape index (κ2) is 6.28. The SMILES string of the molecule is O=C(c1cccnc1)N1CCc2[nH]nc(Cc3ccccc3)c2C1. The van der Waals surface area contributed by atoms with Crippen molar-refractivity contribution in [2.45, 2.75) is 19.4 Å². The third-order valence-electron chi connectivity index (χ3n) is 4.43. The first-order valence-electron chi connectivity index (χ1n) is 8.09. The van der Waals surface area contributed by atoms with Crippen molar-refractivity contribution in [3.05, 3.63) is 82.9 Å². The van der Waals surface area contributed by atoms with Crippen LogP contribution in [0.4, 0.5) is 0 Å². The Morgan fingerprint density at radius 1 is 1.17 bits per heavy atom. The van der Waals surface area contributed by atoms with Gasteiger partial charge in [-0.3, -0.25) is 14.9 Å². The molecule has 120 valence electrons. The summed E-state index contributed by atoms with van der Waals surface area (Å²) in [5, 5.41) is 7.63. The van der Waals surface area contributed by atoms with Crippen LogP contribution in [0.3, 0.4) is 0 Å². The molecule has 0 atom stereocenters. The predicted molar refractivity (Wildman–Crippen MR) is 90.5 cm³/mol. The molecule has 5 heteroatoms. The molecule has 1 aliphatic heterocycles. The van der Waals surface area contributed by atoms with Gasteiger partial charge in [-0.15, -0.1) is 0 Å². The van der Waals surface area contributed by atoms with Crippen molar-refractivity contribution < 1.29 is 4.79 Å². The quantitative estimate of drug-likeness (QED) is 0.807. The number of rotatable bonds is 3. The monoisotopic (exact) mass is 318 g/mol. The fourth-order valence-electron chi connectivity index (χ4n) is 3.13. The summed E-state index contributed by atoms with van der Waals surface area (Å²) in [6, 6.07) is 13.9. The van der Waals surface area contributed by atoms with Gasteiger partial charge in [0.1, 0.15) is 0 Å². The Balaban J connectivity index is 1.56. The molecule has 4 rings (SSSR count). The lowest BCUT2D eigenvalue weighted by molar-refractivity contribution is 0.0733. The molecular formula is C19H18N4O. The minimum absolute atomic E-state index is 0.0283. The van der Waals surface area contributed by atoms with E-state index in [1.54, 1.807) is 18.5 Å². The van der Waals surface area contributed by atoms with E-state index in [1.807, 2.05) is 29.2 Å². The Hall–Kier alpha value is -2.95. The molecule has 0 spiro atoms. The van der Waals surface area contributed by atoms with Crippen molar-refractivity contribution in [2.24, 2.45) is 0 Å². The van der Waals surface area contributed by atoms with Crippen LogP contribution in [-0.2, 0) is 19.4 Å². The van der Waals surface area contributed by atoms with Crippen LogP contribution in [0.15, 0.2) is 54.9 Å². The van der Waals surface area contributed by atoms with Crippen molar-refractivity contribution in [3.8, 4) is 0 Å². The van der Waals surface area contributed by atoms with Crippen molar-refractivity contribution in [2.75, 3.05) is 6.54 Å². The Bertz CT molecular complexity index is 842. The normalized spacial score (nSPS) is 13.6. The summed E-state index contributed by atoms with van der Waals surface area (Å²) >= 11 is 0. The van der Waals surface area contributed by atoms with Crippen molar-refractivity contribution in [3.63, 3.8) is 0 Å². The topological polar surface area (TPSA) is 61.9 Å². The maximum absolute atomic E-state index is 12.7. The number of H-pyrrole nitrogens is 1. The summed E-state index contributed by atoms with van der Waals surface area (Å²) < 4.78 is 0. The summed E-state index contributed by atoms with van der Waals surface area (Å²) in [6.45, 7) is 1.30. The average molecular weight is 318 g/mol. The number of amides is 1. The van der Waals surface area contributed by atoms with Crippen molar-refractivity contribution in [1.29, 1.82) is 0 Å². The Morgan fingerprint density at radius 2 is 2.04 bits per heavy atom. The third-order valence-corrected chi connectivity index (χ3v) is 4.43. The molecule has 24 heavy (non-hydrogen) atoms. The first-order chi connectivity index (χ1) is 11.8. The van der Waals surface area contributed by atoms with Crippen molar-refractivity contribution >= 4 is 5.91 Å². The van der Waals surface area contributed by atoms with E-state index < -0.39 is 0 Å². The molecule has 0 aliphatic carbocycles. The van der Waals surface area contributed by atoms with Crippen LogP contribution in [0.2, 0.25) is 0 Å². The van der Waals surface area contributed by atoms with Gasteiger partial charge in [-0.2, -0.15) is 5.10 Å². The van der Waals surface area contributed by atoms with Gasteiger partial charge in [-0.1, -0.05) is 30.3 Å². The van der Waals surface area contributed by atoms with Crippen LogP contribution in [0.1, 0.15) is 32.9 Å². The minimum atomic E-state index is 0.0283. The van der Waals surface area contributed by atoms with Crippen LogP contribution in [-0.4, -0.2) is 32.5 Å². The lowest BCUT2D eigenvalue weighted by Crippen LogP contribution is -2.36. The summed E-state index contributed by atoms with van der Waals surface area (Å²) in [6.07, 6.45) is 4.89. The van der Waals surface area contributed by atoms with Gasteiger partial charge in [0, 0.05) is 49.6 Å².